The van der Waals surface area contributed by atoms with Crippen LogP contribution in [-0.2, 0) is 18.3 Å². The van der Waals surface area contributed by atoms with Crippen molar-refractivity contribution < 1.29 is 14.3 Å². The van der Waals surface area contributed by atoms with Crippen LogP contribution in [0.25, 0.3) is 10.9 Å². The second-order valence-electron chi connectivity index (χ2n) is 4.18. The molecule has 0 aliphatic rings. The lowest BCUT2D eigenvalue weighted by molar-refractivity contribution is -0.136. The first-order valence-electron chi connectivity index (χ1n) is 5.41. The van der Waals surface area contributed by atoms with Gasteiger partial charge in [-0.15, -0.1) is 0 Å². The summed E-state index contributed by atoms with van der Waals surface area (Å²) in [6.07, 6.45) is -0.328. The van der Waals surface area contributed by atoms with Crippen LogP contribution in [0.4, 0.5) is 4.39 Å². The number of benzene rings is 1. The predicted molar refractivity (Wildman–Crippen MR) is 65.2 cm³/mol. The van der Waals surface area contributed by atoms with Crippen molar-refractivity contribution in [3.05, 3.63) is 45.5 Å². The highest BCUT2D eigenvalue weighted by molar-refractivity contribution is 5.82. The van der Waals surface area contributed by atoms with Crippen LogP contribution in [0.5, 0.6) is 0 Å². The highest BCUT2D eigenvalue weighted by Gasteiger charge is 2.15. The Kier molecular flexibility index (Phi) is 2.90. The molecule has 0 atom stereocenters. The zero-order valence-electron chi connectivity index (χ0n) is 10.0. The summed E-state index contributed by atoms with van der Waals surface area (Å²) in [5.74, 6) is -1.49. The number of hydrogen-bond donors (Lipinski definition) is 1. The molecule has 2 rings (SSSR count). The quantitative estimate of drug-likeness (QED) is 0.879. The van der Waals surface area contributed by atoms with Crippen LogP contribution < -0.4 is 5.43 Å². The number of pyridine rings is 1. The van der Waals surface area contributed by atoms with Gasteiger partial charge in [0.25, 0.3) is 0 Å². The Labute approximate surface area is 102 Å². The summed E-state index contributed by atoms with van der Waals surface area (Å²) in [6, 6.07) is 3.86. The van der Waals surface area contributed by atoms with Crippen molar-refractivity contribution in [3.8, 4) is 0 Å². The van der Waals surface area contributed by atoms with Gasteiger partial charge in [-0.1, -0.05) is 0 Å². The first-order valence-corrected chi connectivity index (χ1v) is 5.41. The Morgan fingerprint density at radius 3 is 2.72 bits per heavy atom. The Morgan fingerprint density at radius 1 is 1.44 bits per heavy atom. The second-order valence-corrected chi connectivity index (χ2v) is 4.18. The molecule has 1 N–H and O–H groups in total. The van der Waals surface area contributed by atoms with Crippen molar-refractivity contribution in [2.45, 2.75) is 13.3 Å². The molecule has 0 fully saturated rings. The lowest BCUT2D eigenvalue weighted by atomic mass is 10.1. The molecule has 0 amide bonds. The molecule has 0 spiro atoms. The second kappa shape index (κ2) is 4.25. The van der Waals surface area contributed by atoms with Gasteiger partial charge in [0.1, 0.15) is 5.82 Å². The Morgan fingerprint density at radius 2 is 2.11 bits per heavy atom. The molecule has 1 aromatic heterocycles. The van der Waals surface area contributed by atoms with Crippen molar-refractivity contribution in [2.24, 2.45) is 7.05 Å². The van der Waals surface area contributed by atoms with E-state index in [-0.39, 0.29) is 17.4 Å². The van der Waals surface area contributed by atoms with Crippen molar-refractivity contribution in [1.82, 2.24) is 4.57 Å². The number of carboxylic acids is 1. The highest BCUT2D eigenvalue weighted by Crippen LogP contribution is 2.16. The maximum Gasteiger partial charge on any atom is 0.308 e. The van der Waals surface area contributed by atoms with Gasteiger partial charge in [-0.2, -0.15) is 0 Å². The third-order valence-corrected chi connectivity index (χ3v) is 3.11. The average molecular weight is 249 g/mol. The fourth-order valence-corrected chi connectivity index (χ4v) is 2.04. The van der Waals surface area contributed by atoms with Gasteiger partial charge in [-0.3, -0.25) is 9.59 Å². The molecule has 0 bridgehead atoms. The van der Waals surface area contributed by atoms with Crippen LogP contribution in [0, 0.1) is 12.7 Å². The largest absolute Gasteiger partial charge is 0.481 e. The fourth-order valence-electron chi connectivity index (χ4n) is 2.04. The monoisotopic (exact) mass is 249 g/mol. The lowest BCUT2D eigenvalue weighted by Gasteiger charge is -2.13. The number of aromatic nitrogens is 1. The molecule has 4 nitrogen and oxygen atoms in total. The van der Waals surface area contributed by atoms with Gasteiger partial charge in [0.15, 0.2) is 5.43 Å². The van der Waals surface area contributed by atoms with Crippen LogP contribution in [-0.4, -0.2) is 15.6 Å². The SMILES string of the molecule is Cc1c(CC(=O)O)c(=O)c2ccc(F)cc2n1C. The Hall–Kier alpha value is -2.17. The third kappa shape index (κ3) is 1.88. The molecule has 1 heterocycles. The van der Waals surface area contributed by atoms with E-state index >= 15 is 0 Å². The molecule has 18 heavy (non-hydrogen) atoms. The van der Waals surface area contributed by atoms with Crippen LogP contribution >= 0.6 is 0 Å². The van der Waals surface area contributed by atoms with Crippen LogP contribution in [0.1, 0.15) is 11.3 Å². The minimum atomic E-state index is -1.06. The van der Waals surface area contributed by atoms with E-state index in [0.717, 1.165) is 0 Å². The van der Waals surface area contributed by atoms with Crippen molar-refractivity contribution >= 4 is 16.9 Å². The molecule has 0 aliphatic heterocycles. The predicted octanol–water partition coefficient (Wildman–Crippen LogP) is 1.61. The molecule has 94 valence electrons. The van der Waals surface area contributed by atoms with Crippen molar-refractivity contribution in [2.75, 3.05) is 0 Å². The van der Waals surface area contributed by atoms with Gasteiger partial charge in [0.2, 0.25) is 0 Å². The summed E-state index contributed by atoms with van der Waals surface area (Å²) in [5.41, 5.74) is 0.902. The molecular weight excluding hydrogens is 237 g/mol. The zero-order chi connectivity index (χ0) is 13.4. The maximum atomic E-state index is 13.2. The van der Waals surface area contributed by atoms with Crippen molar-refractivity contribution in [3.63, 3.8) is 0 Å². The third-order valence-electron chi connectivity index (χ3n) is 3.11. The molecular formula is C13H12FNO3. The topological polar surface area (TPSA) is 59.3 Å². The number of hydrogen-bond acceptors (Lipinski definition) is 2. The molecule has 0 radical (unpaired) electrons. The summed E-state index contributed by atoms with van der Waals surface area (Å²) in [5, 5.41) is 9.15. The maximum absolute atomic E-state index is 13.2. The normalized spacial score (nSPS) is 10.8. The molecule has 0 aliphatic carbocycles. The molecule has 1 aromatic carbocycles. The van der Waals surface area contributed by atoms with E-state index in [9.17, 15) is 14.0 Å². The molecule has 0 saturated heterocycles. The molecule has 0 unspecified atom stereocenters. The number of aliphatic carboxylic acids is 1. The van der Waals surface area contributed by atoms with E-state index in [2.05, 4.69) is 0 Å². The molecule has 5 heteroatoms. The number of aryl methyl sites for hydroxylation is 1. The highest BCUT2D eigenvalue weighted by atomic mass is 19.1. The molecule has 0 saturated carbocycles. The Bertz CT molecular complexity index is 703. The van der Waals surface area contributed by atoms with E-state index in [1.54, 1.807) is 18.5 Å². The number of halogens is 1. The summed E-state index contributed by atoms with van der Waals surface area (Å²) >= 11 is 0. The number of nitrogens with zero attached hydrogens (tertiary/aromatic N) is 1. The van der Waals surface area contributed by atoms with Gasteiger partial charge in [0.05, 0.1) is 11.9 Å². The van der Waals surface area contributed by atoms with E-state index in [0.29, 0.717) is 16.6 Å². The summed E-state index contributed by atoms with van der Waals surface area (Å²) in [6.45, 7) is 1.66. The Balaban J connectivity index is 2.87. The van der Waals surface area contributed by atoms with Crippen LogP contribution in [0.3, 0.4) is 0 Å². The van der Waals surface area contributed by atoms with Gasteiger partial charge < -0.3 is 9.67 Å². The van der Waals surface area contributed by atoms with Gasteiger partial charge >= 0.3 is 5.97 Å². The van der Waals surface area contributed by atoms with E-state index in [4.69, 9.17) is 5.11 Å². The van der Waals surface area contributed by atoms with Crippen molar-refractivity contribution in [1.29, 1.82) is 0 Å². The van der Waals surface area contributed by atoms with Gasteiger partial charge in [0, 0.05) is 23.7 Å². The first kappa shape index (κ1) is 12.3. The minimum absolute atomic E-state index is 0.240. The number of carbonyl (C=O) groups is 1. The van der Waals surface area contributed by atoms with E-state index in [1.165, 1.54) is 18.2 Å². The standard InChI is InChI=1S/C13H12FNO3/c1-7-10(6-12(16)17)13(18)9-4-3-8(14)5-11(9)15(7)2/h3-5H,6H2,1-2H3,(H,16,17). The zero-order valence-corrected chi connectivity index (χ0v) is 10.0. The minimum Gasteiger partial charge on any atom is -0.481 e. The first-order chi connectivity index (χ1) is 8.41. The fraction of sp³-hybridized carbons (Fsp3) is 0.231. The summed E-state index contributed by atoms with van der Waals surface area (Å²) in [7, 11) is 1.68. The van der Waals surface area contributed by atoms with Gasteiger partial charge in [-0.05, 0) is 25.1 Å². The van der Waals surface area contributed by atoms with Crippen LogP contribution in [0.2, 0.25) is 0 Å². The lowest BCUT2D eigenvalue weighted by Crippen LogP contribution is -2.20. The number of fused-ring (bicyclic) bond motifs is 1. The number of rotatable bonds is 2. The molecule has 2 aromatic rings. The summed E-state index contributed by atoms with van der Waals surface area (Å²) in [4.78, 5) is 22.9. The van der Waals surface area contributed by atoms with Crippen LogP contribution in [0.15, 0.2) is 23.0 Å². The smallest absolute Gasteiger partial charge is 0.308 e. The van der Waals surface area contributed by atoms with E-state index < -0.39 is 11.8 Å². The average Bonchev–Trinajstić information content (AvgIpc) is 2.31. The summed E-state index contributed by atoms with van der Waals surface area (Å²) < 4.78 is 14.8. The number of carboxylic acid groups (broad SMARTS) is 1. The van der Waals surface area contributed by atoms with E-state index in [1.807, 2.05) is 0 Å². The van der Waals surface area contributed by atoms with Gasteiger partial charge in [-0.25, -0.2) is 4.39 Å².